The topological polar surface area (TPSA) is 58.2 Å². The van der Waals surface area contributed by atoms with Crippen molar-refractivity contribution in [2.75, 3.05) is 19.3 Å². The van der Waals surface area contributed by atoms with Crippen LogP contribution in [-0.4, -0.2) is 27.8 Å². The van der Waals surface area contributed by atoms with Crippen LogP contribution in [0, 0.1) is 0 Å². The van der Waals surface area contributed by atoms with Crippen LogP contribution in [0.15, 0.2) is 24.3 Å². The lowest BCUT2D eigenvalue weighted by Gasteiger charge is -2.08. The molecule has 108 valence electrons. The van der Waals surface area contributed by atoms with E-state index >= 15 is 0 Å². The molecule has 0 heterocycles. The van der Waals surface area contributed by atoms with Crippen molar-refractivity contribution in [2.45, 2.75) is 32.7 Å². The van der Waals surface area contributed by atoms with Crippen molar-refractivity contribution in [3.05, 3.63) is 35.4 Å². The third-order valence-corrected chi connectivity index (χ3v) is 3.60. The lowest BCUT2D eigenvalue weighted by Crippen LogP contribution is -2.26. The number of nitrogens with one attached hydrogen (secondary N) is 2. The van der Waals surface area contributed by atoms with Gasteiger partial charge in [-0.3, -0.25) is 0 Å². The minimum atomic E-state index is -3.05. The van der Waals surface area contributed by atoms with E-state index in [2.05, 4.69) is 48.2 Å². The summed E-state index contributed by atoms with van der Waals surface area (Å²) in [6.45, 7) is 6.47. The van der Waals surface area contributed by atoms with E-state index in [0.717, 1.165) is 19.5 Å². The van der Waals surface area contributed by atoms with Gasteiger partial charge in [0, 0.05) is 13.1 Å². The van der Waals surface area contributed by atoms with Crippen molar-refractivity contribution in [2.24, 2.45) is 0 Å². The highest BCUT2D eigenvalue weighted by Gasteiger charge is 2.00. The fourth-order valence-electron chi connectivity index (χ4n) is 1.72. The van der Waals surface area contributed by atoms with Gasteiger partial charge in [0.1, 0.15) is 0 Å². The quantitative estimate of drug-likeness (QED) is 0.716. The summed E-state index contributed by atoms with van der Waals surface area (Å²) in [5.74, 6) is 0.559. The first-order chi connectivity index (χ1) is 8.88. The molecule has 5 heteroatoms. The monoisotopic (exact) mass is 284 g/mol. The predicted octanol–water partition coefficient (Wildman–Crippen LogP) is 1.84. The van der Waals surface area contributed by atoms with Crippen molar-refractivity contribution in [1.29, 1.82) is 0 Å². The summed E-state index contributed by atoms with van der Waals surface area (Å²) < 4.78 is 24.2. The van der Waals surface area contributed by atoms with Crippen molar-refractivity contribution in [1.82, 2.24) is 10.0 Å². The number of hydrogen-bond acceptors (Lipinski definition) is 3. The Hall–Kier alpha value is -0.910. The van der Waals surface area contributed by atoms with Gasteiger partial charge in [-0.15, -0.1) is 0 Å². The van der Waals surface area contributed by atoms with Crippen LogP contribution in [-0.2, 0) is 16.6 Å². The highest BCUT2D eigenvalue weighted by Crippen LogP contribution is 2.14. The molecule has 1 aromatic carbocycles. The Labute approximate surface area is 116 Å². The van der Waals surface area contributed by atoms with Crippen LogP contribution in [0.25, 0.3) is 0 Å². The van der Waals surface area contributed by atoms with Crippen molar-refractivity contribution in [3.8, 4) is 0 Å². The second kappa shape index (κ2) is 7.62. The van der Waals surface area contributed by atoms with Gasteiger partial charge in [0.15, 0.2) is 0 Å². The molecular weight excluding hydrogens is 260 g/mol. The van der Waals surface area contributed by atoms with E-state index in [-0.39, 0.29) is 0 Å². The molecule has 0 amide bonds. The molecule has 0 fully saturated rings. The van der Waals surface area contributed by atoms with Crippen LogP contribution in [0.1, 0.15) is 37.3 Å². The lowest BCUT2D eigenvalue weighted by atomic mass is 10.0. The SMILES string of the molecule is CC(C)c1ccc(CNCCCNS(C)(=O)=O)cc1. The molecule has 0 aliphatic rings. The summed E-state index contributed by atoms with van der Waals surface area (Å²) in [5.41, 5.74) is 2.60. The predicted molar refractivity (Wildman–Crippen MR) is 79.7 cm³/mol. The number of sulfonamides is 1. The van der Waals surface area contributed by atoms with Gasteiger partial charge in [-0.25, -0.2) is 13.1 Å². The molecule has 19 heavy (non-hydrogen) atoms. The second-order valence-electron chi connectivity index (χ2n) is 5.09. The highest BCUT2D eigenvalue weighted by atomic mass is 32.2. The van der Waals surface area contributed by atoms with Gasteiger partial charge < -0.3 is 5.32 Å². The van der Waals surface area contributed by atoms with E-state index in [1.807, 2.05) is 0 Å². The maximum Gasteiger partial charge on any atom is 0.208 e. The summed E-state index contributed by atoms with van der Waals surface area (Å²) in [4.78, 5) is 0. The zero-order valence-electron chi connectivity index (χ0n) is 11.9. The van der Waals surface area contributed by atoms with Crippen LogP contribution in [0.5, 0.6) is 0 Å². The molecule has 0 unspecified atom stereocenters. The minimum Gasteiger partial charge on any atom is -0.313 e. The van der Waals surface area contributed by atoms with E-state index in [1.165, 1.54) is 17.4 Å². The fraction of sp³-hybridized carbons (Fsp3) is 0.571. The molecule has 0 saturated heterocycles. The Balaban J connectivity index is 2.19. The summed E-state index contributed by atoms with van der Waals surface area (Å²) in [6, 6.07) is 8.59. The van der Waals surface area contributed by atoms with Gasteiger partial charge in [0.2, 0.25) is 10.0 Å². The standard InChI is InChI=1S/C14H24N2O2S/c1-12(2)14-7-5-13(6-8-14)11-15-9-4-10-16-19(3,17)18/h5-8,12,15-16H,4,9-11H2,1-3H3. The van der Waals surface area contributed by atoms with Crippen molar-refractivity contribution < 1.29 is 8.42 Å². The van der Waals surface area contributed by atoms with Gasteiger partial charge in [0.05, 0.1) is 6.26 Å². The van der Waals surface area contributed by atoms with E-state index in [4.69, 9.17) is 0 Å². The smallest absolute Gasteiger partial charge is 0.208 e. The molecule has 0 aliphatic carbocycles. The molecule has 0 spiro atoms. The molecule has 0 saturated carbocycles. The molecule has 0 radical (unpaired) electrons. The maximum atomic E-state index is 10.8. The third kappa shape index (κ3) is 7.30. The van der Waals surface area contributed by atoms with Crippen LogP contribution in [0.2, 0.25) is 0 Å². The normalized spacial score (nSPS) is 12.0. The second-order valence-corrected chi connectivity index (χ2v) is 6.93. The van der Waals surface area contributed by atoms with Gasteiger partial charge in [-0.05, 0) is 30.0 Å². The third-order valence-electron chi connectivity index (χ3n) is 2.87. The van der Waals surface area contributed by atoms with Gasteiger partial charge in [0.25, 0.3) is 0 Å². The summed E-state index contributed by atoms with van der Waals surface area (Å²) in [5, 5.41) is 3.30. The maximum absolute atomic E-state index is 10.8. The number of rotatable bonds is 8. The molecule has 4 nitrogen and oxygen atoms in total. The summed E-state index contributed by atoms with van der Waals surface area (Å²) in [7, 11) is -3.05. The molecule has 0 atom stereocenters. The summed E-state index contributed by atoms with van der Waals surface area (Å²) >= 11 is 0. The fourth-order valence-corrected chi connectivity index (χ4v) is 2.24. The van der Waals surface area contributed by atoms with Gasteiger partial charge in [-0.1, -0.05) is 38.1 Å². The Morgan fingerprint density at radius 1 is 1.11 bits per heavy atom. The van der Waals surface area contributed by atoms with E-state index in [0.29, 0.717) is 12.5 Å². The molecule has 1 rings (SSSR count). The largest absolute Gasteiger partial charge is 0.313 e. The zero-order valence-corrected chi connectivity index (χ0v) is 12.8. The van der Waals surface area contributed by atoms with Crippen LogP contribution >= 0.6 is 0 Å². The van der Waals surface area contributed by atoms with Gasteiger partial charge in [-0.2, -0.15) is 0 Å². The lowest BCUT2D eigenvalue weighted by molar-refractivity contribution is 0.579. The first-order valence-electron chi connectivity index (χ1n) is 6.62. The van der Waals surface area contributed by atoms with Crippen LogP contribution in [0.4, 0.5) is 0 Å². The molecule has 1 aromatic rings. The van der Waals surface area contributed by atoms with Crippen LogP contribution in [0.3, 0.4) is 0 Å². The first kappa shape index (κ1) is 16.1. The Bertz CT molecular complexity index is 467. The summed E-state index contributed by atoms with van der Waals surface area (Å²) in [6.07, 6.45) is 1.97. The molecular formula is C14H24N2O2S. The van der Waals surface area contributed by atoms with E-state index < -0.39 is 10.0 Å². The Morgan fingerprint density at radius 2 is 1.74 bits per heavy atom. The molecule has 0 bridgehead atoms. The van der Waals surface area contributed by atoms with Gasteiger partial charge >= 0.3 is 0 Å². The molecule has 0 aliphatic heterocycles. The Kier molecular flexibility index (Phi) is 6.48. The first-order valence-corrected chi connectivity index (χ1v) is 8.52. The van der Waals surface area contributed by atoms with E-state index in [9.17, 15) is 8.42 Å². The van der Waals surface area contributed by atoms with Crippen molar-refractivity contribution in [3.63, 3.8) is 0 Å². The number of benzene rings is 1. The highest BCUT2D eigenvalue weighted by molar-refractivity contribution is 7.88. The van der Waals surface area contributed by atoms with Crippen molar-refractivity contribution >= 4 is 10.0 Å². The molecule has 2 N–H and O–H groups in total. The van der Waals surface area contributed by atoms with Crippen LogP contribution < -0.4 is 10.0 Å². The van der Waals surface area contributed by atoms with E-state index in [1.54, 1.807) is 0 Å². The average molecular weight is 284 g/mol. The molecule has 0 aromatic heterocycles. The Morgan fingerprint density at radius 3 is 2.26 bits per heavy atom. The minimum absolute atomic E-state index is 0.484. The zero-order chi connectivity index (χ0) is 14.3. The number of hydrogen-bond donors (Lipinski definition) is 2. The average Bonchev–Trinajstić information content (AvgIpc) is 2.33.